The third-order valence-electron chi connectivity index (χ3n) is 7.42. The normalized spacial score (nSPS) is 33.4. The summed E-state index contributed by atoms with van der Waals surface area (Å²) in [6.07, 6.45) is 3.12. The lowest BCUT2D eigenvalue weighted by molar-refractivity contribution is -0.130. The number of carbonyl (C=O) groups is 1. The third-order valence-corrected chi connectivity index (χ3v) is 8.38. The van der Waals surface area contributed by atoms with Gasteiger partial charge in [-0.25, -0.2) is 0 Å². The topological polar surface area (TPSA) is 89.9 Å². The van der Waals surface area contributed by atoms with Gasteiger partial charge in [0.2, 0.25) is 0 Å². The fraction of sp³-hybridized carbons (Fsp3) is 0.650. The molecule has 0 spiro atoms. The van der Waals surface area contributed by atoms with Gasteiger partial charge in [0.1, 0.15) is 5.78 Å². The highest BCUT2D eigenvalue weighted by Gasteiger charge is 2.57. The summed E-state index contributed by atoms with van der Waals surface area (Å²) in [6.45, 7) is 4.08. The monoisotopic (exact) mass is 445 g/mol. The summed E-state index contributed by atoms with van der Waals surface area (Å²) < 4.78 is 65.2. The lowest BCUT2D eigenvalue weighted by Gasteiger charge is -2.51. The molecule has 10 heteroatoms. The van der Waals surface area contributed by atoms with E-state index in [-0.39, 0.29) is 34.8 Å². The summed E-state index contributed by atoms with van der Waals surface area (Å²) >= 11 is 0. The van der Waals surface area contributed by atoms with Crippen molar-refractivity contribution in [2.45, 2.75) is 57.4 Å². The molecule has 0 saturated heterocycles. The highest BCUT2D eigenvalue weighted by molar-refractivity contribution is 7.88. The maximum Gasteiger partial charge on any atom is 0.534 e. The van der Waals surface area contributed by atoms with Crippen LogP contribution in [-0.4, -0.2) is 19.7 Å². The predicted octanol–water partition coefficient (Wildman–Crippen LogP) is 4.98. The molecule has 4 rings (SSSR count). The van der Waals surface area contributed by atoms with E-state index in [9.17, 15) is 31.3 Å². The highest BCUT2D eigenvalue weighted by Crippen LogP contribution is 2.62. The van der Waals surface area contributed by atoms with E-state index in [1.807, 2.05) is 13.8 Å². The summed E-state index contributed by atoms with van der Waals surface area (Å²) in [6, 6.07) is 2.64. The van der Waals surface area contributed by atoms with Crippen LogP contribution >= 0.6 is 0 Å². The van der Waals surface area contributed by atoms with Crippen molar-refractivity contribution in [1.82, 2.24) is 0 Å². The molecule has 0 N–H and O–H groups in total. The van der Waals surface area contributed by atoms with Crippen LogP contribution in [0.2, 0.25) is 0 Å². The molecule has 3 aliphatic carbocycles. The van der Waals surface area contributed by atoms with Crippen molar-refractivity contribution in [2.75, 3.05) is 0 Å². The highest BCUT2D eigenvalue weighted by atomic mass is 32.2. The van der Waals surface area contributed by atoms with E-state index in [4.69, 9.17) is 0 Å². The number of hydrogen-bond acceptors (Lipinski definition) is 6. The van der Waals surface area contributed by atoms with Crippen molar-refractivity contribution in [2.24, 2.45) is 28.3 Å². The van der Waals surface area contributed by atoms with Gasteiger partial charge in [-0.3, -0.25) is 4.79 Å². The van der Waals surface area contributed by atoms with Crippen molar-refractivity contribution < 1.29 is 30.6 Å². The van der Waals surface area contributed by atoms with Gasteiger partial charge in [0.15, 0.2) is 11.4 Å². The van der Waals surface area contributed by atoms with Crippen molar-refractivity contribution in [3.63, 3.8) is 0 Å². The van der Waals surface area contributed by atoms with Crippen LogP contribution in [0.25, 0.3) is 0 Å². The van der Waals surface area contributed by atoms with Crippen molar-refractivity contribution >= 4 is 21.6 Å². The molecule has 0 bridgehead atoms. The number of alkyl halides is 3. The predicted molar refractivity (Wildman–Crippen MR) is 102 cm³/mol. The number of hydrogen-bond donors (Lipinski definition) is 0. The molecule has 1 aromatic rings. The van der Waals surface area contributed by atoms with Gasteiger partial charge in [0, 0.05) is 11.8 Å². The molecule has 0 heterocycles. The molecule has 2 saturated carbocycles. The molecule has 164 valence electrons. The fourth-order valence-electron chi connectivity index (χ4n) is 6.28. The van der Waals surface area contributed by atoms with Gasteiger partial charge in [-0.1, -0.05) is 19.9 Å². The minimum atomic E-state index is -5.91. The zero-order chi connectivity index (χ0) is 22.1. The van der Waals surface area contributed by atoms with Gasteiger partial charge in [0.05, 0.1) is 0 Å². The van der Waals surface area contributed by atoms with Gasteiger partial charge in [0.25, 0.3) is 0 Å². The largest absolute Gasteiger partial charge is 0.534 e. The van der Waals surface area contributed by atoms with Gasteiger partial charge in [-0.15, -0.1) is 4.91 Å². The fourth-order valence-corrected chi connectivity index (χ4v) is 6.75. The molecular formula is C20H22F3NO5S. The average Bonchev–Trinajstić information content (AvgIpc) is 2.94. The van der Waals surface area contributed by atoms with Crippen LogP contribution in [0.4, 0.5) is 18.9 Å². The minimum Gasteiger partial charge on any atom is -0.374 e. The zero-order valence-electron chi connectivity index (χ0n) is 16.5. The Morgan fingerprint density at radius 2 is 1.90 bits per heavy atom. The quantitative estimate of drug-likeness (QED) is 0.372. The van der Waals surface area contributed by atoms with E-state index >= 15 is 0 Å². The maximum absolute atomic E-state index is 12.7. The number of halogens is 3. The van der Waals surface area contributed by atoms with E-state index in [0.29, 0.717) is 37.0 Å². The molecule has 0 amide bonds. The molecule has 0 aliphatic heterocycles. The Bertz CT molecular complexity index is 1020. The second-order valence-electron chi connectivity index (χ2n) is 8.95. The maximum atomic E-state index is 12.7. The molecule has 6 nitrogen and oxygen atoms in total. The molecule has 3 aliphatic rings. The Labute approximate surface area is 172 Å². The van der Waals surface area contributed by atoms with Crippen molar-refractivity contribution in [3.05, 3.63) is 28.2 Å². The third kappa shape index (κ3) is 2.98. The lowest BCUT2D eigenvalue weighted by atomic mass is 9.52. The minimum absolute atomic E-state index is 0.0338. The number of benzene rings is 1. The number of ketones is 1. The average molecular weight is 445 g/mol. The molecule has 30 heavy (non-hydrogen) atoms. The molecule has 3 unspecified atom stereocenters. The first kappa shape index (κ1) is 21.3. The van der Waals surface area contributed by atoms with Gasteiger partial charge in [-0.05, 0) is 71.7 Å². The zero-order valence-corrected chi connectivity index (χ0v) is 17.3. The van der Waals surface area contributed by atoms with Crippen molar-refractivity contribution in [1.29, 1.82) is 0 Å². The number of fused-ring (bicyclic) bond motifs is 5. The van der Waals surface area contributed by atoms with Crippen LogP contribution in [0.1, 0.15) is 56.6 Å². The molecule has 2 fully saturated rings. The number of nitrogens with zero attached hydrogens (tertiary/aromatic N) is 1. The van der Waals surface area contributed by atoms with Gasteiger partial charge >= 0.3 is 15.6 Å². The van der Waals surface area contributed by atoms with Gasteiger partial charge < -0.3 is 4.18 Å². The summed E-state index contributed by atoms with van der Waals surface area (Å²) in [5, 5.41) is 2.84. The lowest BCUT2D eigenvalue weighted by Crippen LogP contribution is -2.46. The number of rotatable bonds is 3. The van der Waals surface area contributed by atoms with Crippen LogP contribution in [0, 0.1) is 28.1 Å². The van der Waals surface area contributed by atoms with E-state index in [0.717, 1.165) is 18.1 Å². The Morgan fingerprint density at radius 1 is 1.20 bits per heavy atom. The SMILES string of the molecule is C[C@H]1C[C@]2(C)C(=O)CCC2C2CCc3c(ccc(OS(=O)(=O)C(F)(F)F)c3N=O)C21. The first-order valence-corrected chi connectivity index (χ1v) is 11.3. The van der Waals surface area contributed by atoms with E-state index in [1.165, 1.54) is 0 Å². The Hall–Kier alpha value is -1.97. The van der Waals surface area contributed by atoms with Gasteiger partial charge in [-0.2, -0.15) is 21.6 Å². The van der Waals surface area contributed by atoms with E-state index < -0.39 is 21.4 Å². The second-order valence-corrected chi connectivity index (χ2v) is 10.5. The van der Waals surface area contributed by atoms with Crippen LogP contribution in [0.15, 0.2) is 17.3 Å². The summed E-state index contributed by atoms with van der Waals surface area (Å²) in [4.78, 5) is 24.0. The summed E-state index contributed by atoms with van der Waals surface area (Å²) in [5.74, 6) is 0.203. The number of nitroso groups, excluding NO2 is 1. The Kier molecular flexibility index (Phi) is 4.80. The second kappa shape index (κ2) is 6.77. The van der Waals surface area contributed by atoms with Crippen LogP contribution < -0.4 is 4.18 Å². The van der Waals surface area contributed by atoms with Crippen LogP contribution in [-0.2, 0) is 21.3 Å². The van der Waals surface area contributed by atoms with Crippen LogP contribution in [0.3, 0.4) is 0 Å². The van der Waals surface area contributed by atoms with Crippen LogP contribution in [0.5, 0.6) is 5.75 Å². The first-order valence-electron chi connectivity index (χ1n) is 9.94. The molecule has 0 radical (unpaired) electrons. The number of Topliss-reactive ketones (excluding diaryl/α,β-unsaturated/α-hetero) is 1. The first-order chi connectivity index (χ1) is 13.9. The smallest absolute Gasteiger partial charge is 0.374 e. The number of carbonyl (C=O) groups excluding carboxylic acids is 1. The van der Waals surface area contributed by atoms with E-state index in [2.05, 4.69) is 9.36 Å². The Morgan fingerprint density at radius 3 is 2.53 bits per heavy atom. The molecule has 5 atom stereocenters. The van der Waals surface area contributed by atoms with E-state index in [1.54, 1.807) is 6.07 Å². The van der Waals surface area contributed by atoms with Crippen molar-refractivity contribution in [3.8, 4) is 5.75 Å². The molecular weight excluding hydrogens is 423 g/mol. The summed E-state index contributed by atoms with van der Waals surface area (Å²) in [7, 11) is -5.91. The molecule has 1 aromatic carbocycles. The standard InChI is InChI=1S/C20H22F3NO5S/c1-10-9-19(2)14(6-8-16(19)25)13-4-3-12-11(17(10)13)5-7-15(18(12)24-26)29-30(27,28)20(21,22)23/h5,7,10,13-14,17H,3-4,6,8-9H2,1-2H3/t10-,13?,14?,17?,19-/m0/s1. The summed E-state index contributed by atoms with van der Waals surface area (Å²) in [5.41, 5.74) is -5.10. The molecule has 0 aromatic heterocycles. The Balaban J connectivity index is 1.75.